The summed E-state index contributed by atoms with van der Waals surface area (Å²) in [7, 11) is 0. The van der Waals surface area contributed by atoms with E-state index in [0.29, 0.717) is 12.3 Å². The van der Waals surface area contributed by atoms with E-state index in [9.17, 15) is 9.90 Å². The first-order valence-corrected chi connectivity index (χ1v) is 8.52. The average Bonchev–Trinajstić information content (AvgIpc) is 3.05. The van der Waals surface area contributed by atoms with Crippen LogP contribution in [0, 0.1) is 6.92 Å². The Bertz CT molecular complexity index is 947. The highest BCUT2D eigenvalue weighted by Gasteiger charge is 2.10. The summed E-state index contributed by atoms with van der Waals surface area (Å²) in [6, 6.07) is 11.3. The summed E-state index contributed by atoms with van der Waals surface area (Å²) in [6.45, 7) is 5.74. The molecule has 1 aromatic heterocycles. The van der Waals surface area contributed by atoms with Crippen molar-refractivity contribution < 1.29 is 14.6 Å². The third-order valence-electron chi connectivity index (χ3n) is 4.06. The van der Waals surface area contributed by atoms with E-state index in [1.165, 1.54) is 4.80 Å². The van der Waals surface area contributed by atoms with Gasteiger partial charge >= 0.3 is 5.97 Å². The van der Waals surface area contributed by atoms with Crippen LogP contribution in [-0.2, 0) is 16.0 Å². The Kier molecular flexibility index (Phi) is 5.31. The highest BCUT2D eigenvalue weighted by atomic mass is 16.5. The van der Waals surface area contributed by atoms with Crippen molar-refractivity contribution >= 4 is 17.0 Å². The second-order valence-corrected chi connectivity index (χ2v) is 6.13. The number of benzene rings is 2. The number of esters is 1. The zero-order valence-corrected chi connectivity index (χ0v) is 14.7. The van der Waals surface area contributed by atoms with E-state index in [0.717, 1.165) is 47.5 Å². The molecular formula is C20H21N3O3. The number of aromatic nitrogens is 3. The molecule has 0 aliphatic carbocycles. The molecule has 0 aliphatic heterocycles. The van der Waals surface area contributed by atoms with Gasteiger partial charge in [0.05, 0.1) is 6.61 Å². The molecule has 1 N–H and O–H groups in total. The number of hydrogen-bond donors (Lipinski definition) is 1. The second kappa shape index (κ2) is 7.82. The van der Waals surface area contributed by atoms with Crippen molar-refractivity contribution in [1.82, 2.24) is 15.0 Å². The van der Waals surface area contributed by atoms with Crippen molar-refractivity contribution in [3.63, 3.8) is 0 Å². The van der Waals surface area contributed by atoms with Crippen LogP contribution in [0.25, 0.3) is 16.7 Å². The number of fused-ring (bicyclic) bond motifs is 1. The molecule has 0 spiro atoms. The fourth-order valence-corrected chi connectivity index (χ4v) is 2.68. The lowest BCUT2D eigenvalue weighted by Crippen LogP contribution is -2.03. The molecule has 6 heteroatoms. The average molecular weight is 351 g/mol. The minimum Gasteiger partial charge on any atom is -0.506 e. The lowest BCUT2D eigenvalue weighted by molar-refractivity contribution is -0.137. The summed E-state index contributed by atoms with van der Waals surface area (Å²) < 4.78 is 4.96. The maximum absolute atomic E-state index is 11.0. The number of hydrogen-bond acceptors (Lipinski definition) is 5. The number of aromatic hydroxyl groups is 1. The minimum absolute atomic E-state index is 0.130. The van der Waals surface area contributed by atoms with Crippen LogP contribution in [0.1, 0.15) is 24.0 Å². The summed E-state index contributed by atoms with van der Waals surface area (Å²) in [5, 5.41) is 19.1. The number of phenolic OH excluding ortho intramolecular Hbond substituents is 1. The topological polar surface area (TPSA) is 77.2 Å². The molecule has 0 aliphatic rings. The molecule has 26 heavy (non-hydrogen) atoms. The van der Waals surface area contributed by atoms with E-state index in [-0.39, 0.29) is 5.75 Å². The number of phenols is 1. The lowest BCUT2D eigenvalue weighted by atomic mass is 10.1. The predicted molar refractivity (Wildman–Crippen MR) is 99.4 cm³/mol. The zero-order valence-electron chi connectivity index (χ0n) is 14.7. The van der Waals surface area contributed by atoms with Crippen LogP contribution in [0.4, 0.5) is 0 Å². The van der Waals surface area contributed by atoms with Gasteiger partial charge in [0.2, 0.25) is 0 Å². The number of nitrogens with zero attached hydrogens (tertiary/aromatic N) is 3. The monoisotopic (exact) mass is 351 g/mol. The van der Waals surface area contributed by atoms with Gasteiger partial charge in [0.1, 0.15) is 22.5 Å². The molecule has 6 nitrogen and oxygen atoms in total. The van der Waals surface area contributed by atoms with E-state index >= 15 is 0 Å². The Balaban J connectivity index is 1.70. The highest BCUT2D eigenvalue weighted by molar-refractivity contribution is 5.81. The van der Waals surface area contributed by atoms with Gasteiger partial charge in [-0.15, -0.1) is 15.0 Å². The summed E-state index contributed by atoms with van der Waals surface area (Å²) >= 11 is 0. The summed E-state index contributed by atoms with van der Waals surface area (Å²) in [4.78, 5) is 12.5. The largest absolute Gasteiger partial charge is 0.506 e. The van der Waals surface area contributed by atoms with Crippen LogP contribution < -0.4 is 0 Å². The van der Waals surface area contributed by atoms with E-state index in [2.05, 4.69) is 16.8 Å². The molecule has 0 saturated heterocycles. The molecule has 0 radical (unpaired) electrons. The fraction of sp³-hybridized carbons (Fsp3) is 0.250. The molecule has 0 atom stereocenters. The third kappa shape index (κ3) is 4.08. The first kappa shape index (κ1) is 17.7. The van der Waals surface area contributed by atoms with Gasteiger partial charge < -0.3 is 9.84 Å². The highest BCUT2D eigenvalue weighted by Crippen LogP contribution is 2.24. The van der Waals surface area contributed by atoms with E-state index in [1.807, 2.05) is 37.3 Å². The summed E-state index contributed by atoms with van der Waals surface area (Å²) in [6.07, 6.45) is 3.59. The summed E-state index contributed by atoms with van der Waals surface area (Å²) in [5.41, 5.74) is 4.29. The fourth-order valence-electron chi connectivity index (χ4n) is 2.68. The molecule has 2 aromatic carbocycles. The maximum atomic E-state index is 11.0. The number of rotatable bonds is 7. The van der Waals surface area contributed by atoms with Crippen molar-refractivity contribution in [1.29, 1.82) is 0 Å². The van der Waals surface area contributed by atoms with Crippen molar-refractivity contribution in [3.05, 3.63) is 60.2 Å². The van der Waals surface area contributed by atoms with Crippen molar-refractivity contribution in [2.75, 3.05) is 6.61 Å². The Morgan fingerprint density at radius 2 is 2.00 bits per heavy atom. The molecule has 3 aromatic rings. The Morgan fingerprint density at radius 1 is 1.19 bits per heavy atom. The number of unbranched alkanes of at least 4 members (excludes halogenated alkanes) is 1. The van der Waals surface area contributed by atoms with Gasteiger partial charge in [0, 0.05) is 6.08 Å². The molecule has 1 heterocycles. The van der Waals surface area contributed by atoms with E-state index < -0.39 is 5.97 Å². The standard InChI is InChI=1S/C20H21N3O3/c1-3-20(25)26-11-5-4-6-15-8-10-19(24)18(13-15)23-21-16-9-7-14(2)12-17(16)22-23/h3,7-10,12-13,24H,1,4-6,11H2,2H3. The number of carbonyl (C=O) groups excluding carboxylic acids is 1. The Labute approximate surface area is 151 Å². The van der Waals surface area contributed by atoms with Gasteiger partial charge in [-0.05, 0) is 61.6 Å². The van der Waals surface area contributed by atoms with Gasteiger partial charge in [0.25, 0.3) is 0 Å². The number of ether oxygens (including phenoxy) is 1. The lowest BCUT2D eigenvalue weighted by Gasteiger charge is -2.07. The molecular weight excluding hydrogens is 330 g/mol. The second-order valence-electron chi connectivity index (χ2n) is 6.13. The molecule has 0 unspecified atom stereocenters. The SMILES string of the molecule is C=CC(=O)OCCCCc1ccc(O)c(-n2nc3ccc(C)cc3n2)c1. The van der Waals surface area contributed by atoms with Crippen LogP contribution in [0.5, 0.6) is 5.75 Å². The van der Waals surface area contributed by atoms with E-state index in [1.54, 1.807) is 6.07 Å². The number of aryl methyl sites for hydroxylation is 2. The van der Waals surface area contributed by atoms with Gasteiger partial charge in [-0.3, -0.25) is 0 Å². The van der Waals surface area contributed by atoms with E-state index in [4.69, 9.17) is 4.74 Å². The quantitative estimate of drug-likeness (QED) is 0.400. The Morgan fingerprint density at radius 3 is 2.81 bits per heavy atom. The maximum Gasteiger partial charge on any atom is 0.330 e. The molecule has 134 valence electrons. The van der Waals surface area contributed by atoms with Gasteiger partial charge in [0.15, 0.2) is 0 Å². The van der Waals surface area contributed by atoms with Crippen LogP contribution >= 0.6 is 0 Å². The first-order valence-electron chi connectivity index (χ1n) is 8.52. The minimum atomic E-state index is -0.399. The van der Waals surface area contributed by atoms with Crippen molar-refractivity contribution in [3.8, 4) is 11.4 Å². The van der Waals surface area contributed by atoms with Crippen LogP contribution in [-0.4, -0.2) is 32.7 Å². The first-order chi connectivity index (χ1) is 12.6. The van der Waals surface area contributed by atoms with Crippen LogP contribution in [0.3, 0.4) is 0 Å². The normalized spacial score (nSPS) is 10.8. The van der Waals surface area contributed by atoms with Crippen LogP contribution in [0.15, 0.2) is 49.1 Å². The zero-order chi connectivity index (χ0) is 18.5. The molecule has 3 rings (SSSR count). The molecule has 0 saturated carbocycles. The van der Waals surface area contributed by atoms with Crippen LogP contribution in [0.2, 0.25) is 0 Å². The van der Waals surface area contributed by atoms with Gasteiger partial charge in [-0.25, -0.2) is 4.79 Å². The smallest absolute Gasteiger partial charge is 0.330 e. The Hall–Kier alpha value is -3.15. The van der Waals surface area contributed by atoms with Gasteiger partial charge in [-0.2, -0.15) is 0 Å². The van der Waals surface area contributed by atoms with Crippen molar-refractivity contribution in [2.24, 2.45) is 0 Å². The van der Waals surface area contributed by atoms with Gasteiger partial charge in [-0.1, -0.05) is 18.7 Å². The molecule has 0 fully saturated rings. The van der Waals surface area contributed by atoms with Crippen molar-refractivity contribution in [2.45, 2.75) is 26.2 Å². The summed E-state index contributed by atoms with van der Waals surface area (Å²) in [5.74, 6) is -0.269. The molecule has 0 amide bonds. The predicted octanol–water partition coefficient (Wildman–Crippen LogP) is 3.49. The number of carbonyl (C=O) groups is 1. The molecule has 0 bridgehead atoms. The third-order valence-corrected chi connectivity index (χ3v) is 4.06.